The third-order valence-electron chi connectivity index (χ3n) is 4.11. The highest BCUT2D eigenvalue weighted by Crippen LogP contribution is 2.30. The fourth-order valence-electron chi connectivity index (χ4n) is 3.07. The second-order valence-corrected chi connectivity index (χ2v) is 5.37. The Bertz CT molecular complexity index is 536. The van der Waals surface area contributed by atoms with Gasteiger partial charge in [0, 0.05) is 6.04 Å². The van der Waals surface area contributed by atoms with Crippen molar-refractivity contribution in [3.63, 3.8) is 0 Å². The molecule has 0 radical (unpaired) electrons. The van der Waals surface area contributed by atoms with E-state index in [2.05, 4.69) is 48.6 Å². The van der Waals surface area contributed by atoms with Crippen molar-refractivity contribution in [3.05, 3.63) is 47.5 Å². The Morgan fingerprint density at radius 1 is 0.944 bits per heavy atom. The monoisotopic (exact) mass is 239 g/mol. The van der Waals surface area contributed by atoms with Gasteiger partial charge in [-0.25, -0.2) is 0 Å². The highest BCUT2D eigenvalue weighted by Gasteiger charge is 2.16. The van der Waals surface area contributed by atoms with E-state index in [0.29, 0.717) is 6.04 Å². The predicted octanol–water partition coefficient (Wildman–Crippen LogP) is 4.35. The maximum absolute atomic E-state index is 3.71. The zero-order valence-corrected chi connectivity index (χ0v) is 11.1. The smallest absolute Gasteiger partial charge is 0.0326 e. The van der Waals surface area contributed by atoms with Crippen LogP contribution in [0, 0.1) is 6.92 Å². The number of benzene rings is 2. The second kappa shape index (κ2) is 5.11. The van der Waals surface area contributed by atoms with Crippen molar-refractivity contribution in [3.8, 4) is 0 Å². The van der Waals surface area contributed by atoms with Gasteiger partial charge >= 0.3 is 0 Å². The molecule has 1 aliphatic heterocycles. The van der Waals surface area contributed by atoms with Gasteiger partial charge in [0.1, 0.15) is 0 Å². The first-order valence-electron chi connectivity index (χ1n) is 7.08. The second-order valence-electron chi connectivity index (χ2n) is 5.37. The molecule has 1 fully saturated rings. The largest absolute Gasteiger partial charge is 0.310 e. The van der Waals surface area contributed by atoms with Gasteiger partial charge in [-0.05, 0) is 48.2 Å². The summed E-state index contributed by atoms with van der Waals surface area (Å²) < 4.78 is 0. The number of hydrogen-bond acceptors (Lipinski definition) is 1. The summed E-state index contributed by atoms with van der Waals surface area (Å²) in [6.07, 6.45) is 5.31. The maximum atomic E-state index is 3.71. The normalized spacial score (nSPS) is 20.8. The SMILES string of the molecule is Cc1ccc(C2CCCCCN2)c2ccccc12. The molecule has 2 aromatic carbocycles. The van der Waals surface area contributed by atoms with E-state index in [1.807, 2.05) is 0 Å². The summed E-state index contributed by atoms with van der Waals surface area (Å²) in [7, 11) is 0. The molecule has 94 valence electrons. The molecule has 1 N–H and O–H groups in total. The van der Waals surface area contributed by atoms with Crippen molar-refractivity contribution in [2.45, 2.75) is 38.6 Å². The van der Waals surface area contributed by atoms with E-state index in [9.17, 15) is 0 Å². The standard InChI is InChI=1S/C17H21N/c1-13-10-11-16(15-8-5-4-7-14(13)15)17-9-3-2-6-12-18-17/h4-5,7-8,10-11,17-18H,2-3,6,9,12H2,1H3. The van der Waals surface area contributed by atoms with Crippen molar-refractivity contribution >= 4 is 10.8 Å². The summed E-state index contributed by atoms with van der Waals surface area (Å²) >= 11 is 0. The summed E-state index contributed by atoms with van der Waals surface area (Å²) in [4.78, 5) is 0. The molecule has 1 atom stereocenters. The van der Waals surface area contributed by atoms with Crippen molar-refractivity contribution in [1.82, 2.24) is 5.32 Å². The first-order chi connectivity index (χ1) is 8.86. The summed E-state index contributed by atoms with van der Waals surface area (Å²) in [5.41, 5.74) is 2.86. The highest BCUT2D eigenvalue weighted by molar-refractivity contribution is 5.88. The fourth-order valence-corrected chi connectivity index (χ4v) is 3.07. The lowest BCUT2D eigenvalue weighted by Crippen LogP contribution is -2.20. The Balaban J connectivity index is 2.08. The van der Waals surface area contributed by atoms with Crippen LogP contribution >= 0.6 is 0 Å². The van der Waals surface area contributed by atoms with Gasteiger partial charge in [-0.3, -0.25) is 0 Å². The number of hydrogen-bond donors (Lipinski definition) is 1. The minimum Gasteiger partial charge on any atom is -0.310 e. The van der Waals surface area contributed by atoms with Crippen molar-refractivity contribution in [2.75, 3.05) is 6.54 Å². The Morgan fingerprint density at radius 3 is 2.67 bits per heavy atom. The van der Waals surface area contributed by atoms with E-state index in [1.165, 1.54) is 47.6 Å². The first kappa shape index (κ1) is 11.7. The van der Waals surface area contributed by atoms with Gasteiger partial charge in [0.25, 0.3) is 0 Å². The lowest BCUT2D eigenvalue weighted by atomic mass is 9.94. The third kappa shape index (κ3) is 2.15. The molecule has 0 bridgehead atoms. The van der Waals surface area contributed by atoms with Gasteiger partial charge in [0.05, 0.1) is 0 Å². The van der Waals surface area contributed by atoms with E-state index in [-0.39, 0.29) is 0 Å². The Morgan fingerprint density at radius 2 is 1.78 bits per heavy atom. The summed E-state index contributed by atoms with van der Waals surface area (Å²) in [6.45, 7) is 3.36. The van der Waals surface area contributed by atoms with Gasteiger partial charge in [-0.15, -0.1) is 0 Å². The minimum absolute atomic E-state index is 0.540. The summed E-state index contributed by atoms with van der Waals surface area (Å²) in [6, 6.07) is 13.9. The van der Waals surface area contributed by atoms with E-state index in [4.69, 9.17) is 0 Å². The van der Waals surface area contributed by atoms with Crippen molar-refractivity contribution in [1.29, 1.82) is 0 Å². The van der Waals surface area contributed by atoms with Crippen LogP contribution in [0.4, 0.5) is 0 Å². The van der Waals surface area contributed by atoms with Gasteiger partial charge in [-0.1, -0.05) is 49.2 Å². The van der Waals surface area contributed by atoms with Crippen LogP contribution in [-0.4, -0.2) is 6.54 Å². The highest BCUT2D eigenvalue weighted by atomic mass is 14.9. The third-order valence-corrected chi connectivity index (χ3v) is 4.11. The molecule has 0 amide bonds. The van der Waals surface area contributed by atoms with Crippen LogP contribution in [0.15, 0.2) is 36.4 Å². The quantitative estimate of drug-likeness (QED) is 0.780. The van der Waals surface area contributed by atoms with Crippen LogP contribution in [0.5, 0.6) is 0 Å². The van der Waals surface area contributed by atoms with Crippen LogP contribution in [0.25, 0.3) is 10.8 Å². The fraction of sp³-hybridized carbons (Fsp3) is 0.412. The number of aryl methyl sites for hydroxylation is 1. The van der Waals surface area contributed by atoms with E-state index >= 15 is 0 Å². The predicted molar refractivity (Wildman–Crippen MR) is 77.9 cm³/mol. The number of rotatable bonds is 1. The van der Waals surface area contributed by atoms with Crippen molar-refractivity contribution in [2.24, 2.45) is 0 Å². The Labute approximate surface area is 109 Å². The van der Waals surface area contributed by atoms with Crippen LogP contribution < -0.4 is 5.32 Å². The molecule has 2 aromatic rings. The average molecular weight is 239 g/mol. The number of fused-ring (bicyclic) bond motifs is 1. The molecular weight excluding hydrogens is 218 g/mol. The molecule has 0 saturated carbocycles. The van der Waals surface area contributed by atoms with Crippen LogP contribution in [0.2, 0.25) is 0 Å². The van der Waals surface area contributed by atoms with Crippen LogP contribution in [-0.2, 0) is 0 Å². The first-order valence-corrected chi connectivity index (χ1v) is 7.08. The van der Waals surface area contributed by atoms with Crippen LogP contribution in [0.1, 0.15) is 42.9 Å². The van der Waals surface area contributed by atoms with Crippen LogP contribution in [0.3, 0.4) is 0 Å². The summed E-state index contributed by atoms with van der Waals surface area (Å²) in [5.74, 6) is 0. The molecule has 1 heteroatoms. The molecular formula is C17H21N. The van der Waals surface area contributed by atoms with Gasteiger partial charge < -0.3 is 5.32 Å². The molecule has 1 aliphatic rings. The van der Waals surface area contributed by atoms with Crippen molar-refractivity contribution < 1.29 is 0 Å². The van der Waals surface area contributed by atoms with E-state index in [1.54, 1.807) is 0 Å². The molecule has 0 spiro atoms. The molecule has 18 heavy (non-hydrogen) atoms. The summed E-state index contributed by atoms with van der Waals surface area (Å²) in [5, 5.41) is 6.54. The molecule has 1 unspecified atom stereocenters. The molecule has 1 saturated heterocycles. The zero-order chi connectivity index (χ0) is 12.4. The number of nitrogens with one attached hydrogen (secondary N) is 1. The zero-order valence-electron chi connectivity index (χ0n) is 11.1. The molecule has 3 rings (SSSR count). The Hall–Kier alpha value is -1.34. The van der Waals surface area contributed by atoms with E-state index in [0.717, 1.165) is 6.54 Å². The lowest BCUT2D eigenvalue weighted by molar-refractivity contribution is 0.538. The molecule has 1 nitrogen and oxygen atoms in total. The topological polar surface area (TPSA) is 12.0 Å². The lowest BCUT2D eigenvalue weighted by Gasteiger charge is -2.19. The van der Waals surface area contributed by atoms with Gasteiger partial charge in [0.2, 0.25) is 0 Å². The van der Waals surface area contributed by atoms with E-state index < -0.39 is 0 Å². The average Bonchev–Trinajstić information content (AvgIpc) is 2.68. The minimum atomic E-state index is 0.540. The van der Waals surface area contributed by atoms with Gasteiger partial charge in [-0.2, -0.15) is 0 Å². The molecule has 0 aromatic heterocycles. The van der Waals surface area contributed by atoms with Gasteiger partial charge in [0.15, 0.2) is 0 Å². The molecule has 0 aliphatic carbocycles. The molecule has 1 heterocycles. The Kier molecular flexibility index (Phi) is 3.33. The maximum Gasteiger partial charge on any atom is 0.0326 e.